The van der Waals surface area contributed by atoms with Gasteiger partial charge in [-0.1, -0.05) is 16.8 Å². The van der Waals surface area contributed by atoms with E-state index in [2.05, 4.69) is 10.1 Å². The van der Waals surface area contributed by atoms with E-state index in [0.717, 1.165) is 0 Å². The molecule has 9 nitrogen and oxygen atoms in total. The van der Waals surface area contributed by atoms with Gasteiger partial charge in [0.25, 0.3) is 11.8 Å². The first-order chi connectivity index (χ1) is 12.4. The van der Waals surface area contributed by atoms with Gasteiger partial charge >= 0.3 is 5.88 Å². The zero-order valence-corrected chi connectivity index (χ0v) is 14.3. The number of hydrogen-bond acceptors (Lipinski definition) is 7. The monoisotopic (exact) mass is 376 g/mol. The van der Waals surface area contributed by atoms with Gasteiger partial charge in [0.2, 0.25) is 0 Å². The molecule has 0 aliphatic carbocycles. The molecule has 0 radical (unpaired) electrons. The molecule has 1 amide bonds. The van der Waals surface area contributed by atoms with Crippen molar-refractivity contribution < 1.29 is 18.7 Å². The third-order valence-electron chi connectivity index (χ3n) is 3.56. The van der Waals surface area contributed by atoms with Crippen LogP contribution in [0.4, 0.5) is 5.88 Å². The quantitative estimate of drug-likeness (QED) is 0.479. The Labute approximate surface area is 152 Å². The Hall–Kier alpha value is -3.20. The van der Waals surface area contributed by atoms with Gasteiger partial charge in [0.1, 0.15) is 4.92 Å². The summed E-state index contributed by atoms with van der Waals surface area (Å²) in [5, 5.41) is 15.0. The average Bonchev–Trinajstić information content (AvgIpc) is 3.29. The number of carbonyl (C=O) groups is 1. The fourth-order valence-electron chi connectivity index (χ4n) is 2.18. The highest BCUT2D eigenvalue weighted by Gasteiger charge is 2.19. The molecule has 0 atom stereocenters. The maximum Gasteiger partial charge on any atom is 0.433 e. The van der Waals surface area contributed by atoms with E-state index in [1.165, 1.54) is 17.0 Å². The number of amides is 1. The van der Waals surface area contributed by atoms with Crippen molar-refractivity contribution in [2.45, 2.75) is 6.42 Å². The standard InChI is InChI=1S/C16H13ClN4O5/c1-20(16(22)10-2-4-11(17)5-3-10)9-8-13-18-15(26-19-13)12-6-7-14(25-12)21(23)24/h2-7H,8-9H2,1H3. The van der Waals surface area contributed by atoms with Crippen molar-refractivity contribution in [1.82, 2.24) is 15.0 Å². The van der Waals surface area contributed by atoms with E-state index < -0.39 is 10.8 Å². The van der Waals surface area contributed by atoms with Crippen molar-refractivity contribution in [2.24, 2.45) is 0 Å². The lowest BCUT2D eigenvalue weighted by Crippen LogP contribution is -2.29. The summed E-state index contributed by atoms with van der Waals surface area (Å²) in [6.45, 7) is 0.360. The molecule has 134 valence electrons. The zero-order chi connectivity index (χ0) is 18.7. The third-order valence-corrected chi connectivity index (χ3v) is 3.81. The van der Waals surface area contributed by atoms with Gasteiger partial charge in [-0.3, -0.25) is 14.9 Å². The van der Waals surface area contributed by atoms with E-state index in [1.54, 1.807) is 31.3 Å². The summed E-state index contributed by atoms with van der Waals surface area (Å²) in [7, 11) is 1.66. The van der Waals surface area contributed by atoms with Gasteiger partial charge in [-0.2, -0.15) is 4.98 Å². The highest BCUT2D eigenvalue weighted by Crippen LogP contribution is 2.24. The van der Waals surface area contributed by atoms with Crippen LogP contribution in [-0.2, 0) is 6.42 Å². The molecule has 10 heteroatoms. The second-order valence-electron chi connectivity index (χ2n) is 5.39. The molecule has 2 aromatic heterocycles. The SMILES string of the molecule is CN(CCc1noc(-c2ccc([N+](=O)[O-])o2)n1)C(=O)c1ccc(Cl)cc1. The van der Waals surface area contributed by atoms with Crippen LogP contribution in [0.3, 0.4) is 0 Å². The first-order valence-electron chi connectivity index (χ1n) is 7.52. The molecule has 1 aromatic carbocycles. The van der Waals surface area contributed by atoms with Crippen LogP contribution in [0.2, 0.25) is 5.02 Å². The maximum absolute atomic E-state index is 12.3. The summed E-state index contributed by atoms with van der Waals surface area (Å²) in [6, 6.07) is 9.19. The second-order valence-corrected chi connectivity index (χ2v) is 5.83. The first kappa shape index (κ1) is 17.6. The number of furan rings is 1. The summed E-state index contributed by atoms with van der Waals surface area (Å²) >= 11 is 5.81. The Kier molecular flexibility index (Phi) is 4.99. The number of carbonyl (C=O) groups excluding carboxylic acids is 1. The fraction of sp³-hybridized carbons (Fsp3) is 0.188. The minimum Gasteiger partial charge on any atom is -0.395 e. The van der Waals surface area contributed by atoms with Gasteiger partial charge in [0.05, 0.1) is 6.07 Å². The Balaban J connectivity index is 1.61. The number of nitro groups is 1. The van der Waals surface area contributed by atoms with E-state index in [9.17, 15) is 14.9 Å². The number of benzene rings is 1. The van der Waals surface area contributed by atoms with Crippen LogP contribution in [0, 0.1) is 10.1 Å². The molecule has 26 heavy (non-hydrogen) atoms. The smallest absolute Gasteiger partial charge is 0.395 e. The Morgan fingerprint density at radius 1 is 1.27 bits per heavy atom. The van der Waals surface area contributed by atoms with Crippen molar-refractivity contribution in [2.75, 3.05) is 13.6 Å². The predicted octanol–water partition coefficient (Wildman–Crippen LogP) is 3.21. The molecular weight excluding hydrogens is 364 g/mol. The van der Waals surface area contributed by atoms with Gasteiger partial charge in [0, 0.05) is 30.6 Å². The molecule has 2 heterocycles. The predicted molar refractivity (Wildman–Crippen MR) is 90.8 cm³/mol. The van der Waals surface area contributed by atoms with Crippen LogP contribution in [0.1, 0.15) is 16.2 Å². The lowest BCUT2D eigenvalue weighted by Gasteiger charge is -2.16. The first-order valence-corrected chi connectivity index (χ1v) is 7.90. The van der Waals surface area contributed by atoms with Gasteiger partial charge in [-0.05, 0) is 30.3 Å². The molecule has 0 fully saturated rings. The van der Waals surface area contributed by atoms with Crippen LogP contribution in [0.5, 0.6) is 0 Å². The van der Waals surface area contributed by atoms with Gasteiger partial charge in [-0.25, -0.2) is 0 Å². The number of rotatable bonds is 6. The van der Waals surface area contributed by atoms with Crippen molar-refractivity contribution in [3.05, 3.63) is 62.9 Å². The van der Waals surface area contributed by atoms with Crippen LogP contribution in [0.15, 0.2) is 45.3 Å². The lowest BCUT2D eigenvalue weighted by molar-refractivity contribution is -0.401. The van der Waals surface area contributed by atoms with Gasteiger partial charge in [0.15, 0.2) is 11.6 Å². The zero-order valence-electron chi connectivity index (χ0n) is 13.6. The molecule has 0 spiro atoms. The van der Waals surface area contributed by atoms with E-state index in [1.807, 2.05) is 0 Å². The molecule has 0 aliphatic rings. The highest BCUT2D eigenvalue weighted by molar-refractivity contribution is 6.30. The highest BCUT2D eigenvalue weighted by atomic mass is 35.5. The summed E-state index contributed by atoms with van der Waals surface area (Å²) in [5.41, 5.74) is 0.522. The van der Waals surface area contributed by atoms with Crippen molar-refractivity contribution in [3.8, 4) is 11.7 Å². The van der Waals surface area contributed by atoms with Gasteiger partial charge < -0.3 is 13.8 Å². The van der Waals surface area contributed by atoms with Crippen LogP contribution < -0.4 is 0 Å². The number of nitrogens with zero attached hydrogens (tertiary/aromatic N) is 4. The molecule has 0 saturated carbocycles. The third kappa shape index (κ3) is 3.89. The van der Waals surface area contributed by atoms with E-state index in [0.29, 0.717) is 29.4 Å². The summed E-state index contributed by atoms with van der Waals surface area (Å²) in [5.74, 6) is -0.0595. The topological polar surface area (TPSA) is 116 Å². The van der Waals surface area contributed by atoms with E-state index in [4.69, 9.17) is 20.5 Å². The van der Waals surface area contributed by atoms with Gasteiger partial charge in [-0.15, -0.1) is 0 Å². The molecule has 3 aromatic rings. The van der Waals surface area contributed by atoms with Crippen molar-refractivity contribution >= 4 is 23.4 Å². The second kappa shape index (κ2) is 7.36. The van der Waals surface area contributed by atoms with Crippen LogP contribution in [-0.4, -0.2) is 39.5 Å². The van der Waals surface area contributed by atoms with E-state index >= 15 is 0 Å². The Bertz CT molecular complexity index is 934. The summed E-state index contributed by atoms with van der Waals surface area (Å²) < 4.78 is 10.0. The molecular formula is C16H13ClN4O5. The van der Waals surface area contributed by atoms with Crippen molar-refractivity contribution in [3.63, 3.8) is 0 Å². The van der Waals surface area contributed by atoms with Crippen molar-refractivity contribution in [1.29, 1.82) is 0 Å². The lowest BCUT2D eigenvalue weighted by atomic mass is 10.2. The maximum atomic E-state index is 12.3. The molecule has 0 aliphatic heterocycles. The van der Waals surface area contributed by atoms with Crippen LogP contribution >= 0.6 is 11.6 Å². The molecule has 3 rings (SSSR count). The number of likely N-dealkylation sites (N-methyl/N-ethyl adjacent to an activating group) is 1. The number of halogens is 1. The van der Waals surface area contributed by atoms with Crippen LogP contribution in [0.25, 0.3) is 11.7 Å². The average molecular weight is 377 g/mol. The normalized spacial score (nSPS) is 10.7. The number of aromatic nitrogens is 2. The molecule has 0 unspecified atom stereocenters. The van der Waals surface area contributed by atoms with E-state index in [-0.39, 0.29) is 17.6 Å². The fourth-order valence-corrected chi connectivity index (χ4v) is 2.30. The minimum atomic E-state index is -0.655. The summed E-state index contributed by atoms with van der Waals surface area (Å²) in [6.07, 6.45) is 0.349. The summed E-state index contributed by atoms with van der Waals surface area (Å²) in [4.78, 5) is 27.9. The molecule has 0 N–H and O–H groups in total. The molecule has 0 bridgehead atoms. The molecule has 0 saturated heterocycles. The Morgan fingerprint density at radius 2 is 2.00 bits per heavy atom. The largest absolute Gasteiger partial charge is 0.433 e. The Morgan fingerprint density at radius 3 is 2.65 bits per heavy atom. The minimum absolute atomic E-state index is 0.0415. The number of hydrogen-bond donors (Lipinski definition) is 0.